The summed E-state index contributed by atoms with van der Waals surface area (Å²) in [7, 11) is -0.870. The molecular formula is C14H22N2O3S. The normalized spacial score (nSPS) is 15.6. The highest BCUT2D eigenvalue weighted by atomic mass is 32.2. The predicted molar refractivity (Wildman–Crippen MR) is 82.3 cm³/mol. The van der Waals surface area contributed by atoms with Crippen molar-refractivity contribution in [1.29, 1.82) is 0 Å². The van der Waals surface area contributed by atoms with Crippen LogP contribution in [0.2, 0.25) is 0 Å². The van der Waals surface area contributed by atoms with Crippen molar-refractivity contribution in [1.82, 2.24) is 5.32 Å². The van der Waals surface area contributed by atoms with Crippen LogP contribution >= 0.6 is 0 Å². The van der Waals surface area contributed by atoms with Gasteiger partial charge in [0.1, 0.15) is 0 Å². The molecule has 0 amide bonds. The van der Waals surface area contributed by atoms with Gasteiger partial charge in [-0.2, -0.15) is 0 Å². The number of nitrogens with zero attached hydrogens (tertiary/aromatic N) is 1. The first-order valence-corrected chi connectivity index (χ1v) is 8.37. The van der Waals surface area contributed by atoms with Crippen LogP contribution in [0.1, 0.15) is 38.3 Å². The number of rotatable bonds is 8. The Morgan fingerprint density at radius 3 is 2.70 bits per heavy atom. The zero-order chi connectivity index (χ0) is 15.1. The number of nitro groups is 1. The molecule has 112 valence electrons. The second-order valence-electron chi connectivity index (χ2n) is 4.91. The van der Waals surface area contributed by atoms with Crippen LogP contribution in [-0.4, -0.2) is 27.2 Å². The van der Waals surface area contributed by atoms with E-state index >= 15 is 0 Å². The largest absolute Gasteiger partial charge is 0.309 e. The van der Waals surface area contributed by atoms with Gasteiger partial charge in [-0.15, -0.1) is 0 Å². The van der Waals surface area contributed by atoms with Crippen LogP contribution in [0, 0.1) is 10.1 Å². The van der Waals surface area contributed by atoms with Gasteiger partial charge in [-0.05, 0) is 18.9 Å². The maximum absolute atomic E-state index is 11.4. The fourth-order valence-corrected chi connectivity index (χ4v) is 2.29. The van der Waals surface area contributed by atoms with Gasteiger partial charge in [0.15, 0.2) is 0 Å². The van der Waals surface area contributed by atoms with E-state index in [-0.39, 0.29) is 21.9 Å². The van der Waals surface area contributed by atoms with E-state index in [1.54, 1.807) is 18.4 Å². The van der Waals surface area contributed by atoms with Gasteiger partial charge in [0, 0.05) is 47.0 Å². The average molecular weight is 298 g/mol. The quantitative estimate of drug-likeness (QED) is 0.591. The number of non-ortho nitro benzene ring substituents is 1. The number of hydrogen-bond acceptors (Lipinski definition) is 4. The molecule has 1 aromatic rings. The van der Waals surface area contributed by atoms with Crippen LogP contribution < -0.4 is 5.32 Å². The molecule has 0 aliphatic carbocycles. The third-order valence-electron chi connectivity index (χ3n) is 3.28. The number of nitrogens with one attached hydrogen (secondary N) is 1. The van der Waals surface area contributed by atoms with Gasteiger partial charge in [-0.3, -0.25) is 14.3 Å². The molecule has 3 atom stereocenters. The second-order valence-corrected chi connectivity index (χ2v) is 6.71. The van der Waals surface area contributed by atoms with E-state index in [9.17, 15) is 14.3 Å². The average Bonchev–Trinajstić information content (AvgIpc) is 2.43. The van der Waals surface area contributed by atoms with Crippen LogP contribution in [0.4, 0.5) is 5.69 Å². The number of benzene rings is 1. The smallest absolute Gasteiger partial charge is 0.269 e. The van der Waals surface area contributed by atoms with E-state index in [1.165, 1.54) is 6.07 Å². The first-order chi connectivity index (χ1) is 9.45. The van der Waals surface area contributed by atoms with Crippen LogP contribution in [0.5, 0.6) is 0 Å². The van der Waals surface area contributed by atoms with Crippen molar-refractivity contribution in [3.8, 4) is 0 Å². The maximum Gasteiger partial charge on any atom is 0.269 e. The third-order valence-corrected chi connectivity index (χ3v) is 4.58. The highest BCUT2D eigenvalue weighted by Gasteiger charge is 2.15. The monoisotopic (exact) mass is 298 g/mol. The maximum atomic E-state index is 11.4. The highest BCUT2D eigenvalue weighted by Crippen LogP contribution is 2.22. The summed E-state index contributed by atoms with van der Waals surface area (Å²) < 4.78 is 11.4. The van der Waals surface area contributed by atoms with Crippen molar-refractivity contribution in [3.63, 3.8) is 0 Å². The van der Waals surface area contributed by atoms with Gasteiger partial charge < -0.3 is 5.32 Å². The topological polar surface area (TPSA) is 72.2 Å². The molecule has 0 bridgehead atoms. The molecule has 5 nitrogen and oxygen atoms in total. The number of nitro benzene ring substituents is 1. The zero-order valence-corrected chi connectivity index (χ0v) is 13.0. The molecule has 3 unspecified atom stereocenters. The van der Waals surface area contributed by atoms with Gasteiger partial charge in [0.2, 0.25) is 0 Å². The first-order valence-electron chi connectivity index (χ1n) is 6.75. The lowest BCUT2D eigenvalue weighted by Gasteiger charge is -2.20. The molecule has 0 aliphatic heterocycles. The molecule has 1 aromatic carbocycles. The second kappa shape index (κ2) is 8.11. The summed E-state index contributed by atoms with van der Waals surface area (Å²) in [6.45, 7) is 4.64. The molecule has 0 aliphatic rings. The Kier molecular flexibility index (Phi) is 6.81. The van der Waals surface area contributed by atoms with Crippen molar-refractivity contribution in [2.75, 3.05) is 12.8 Å². The van der Waals surface area contributed by atoms with Gasteiger partial charge in [-0.1, -0.05) is 25.5 Å². The molecule has 0 heterocycles. The fraction of sp³-hybridized carbons (Fsp3) is 0.571. The molecule has 20 heavy (non-hydrogen) atoms. The van der Waals surface area contributed by atoms with E-state index in [2.05, 4.69) is 12.2 Å². The Morgan fingerprint density at radius 2 is 2.15 bits per heavy atom. The van der Waals surface area contributed by atoms with Crippen LogP contribution in [-0.2, 0) is 10.8 Å². The van der Waals surface area contributed by atoms with E-state index < -0.39 is 10.8 Å². The summed E-state index contributed by atoms with van der Waals surface area (Å²) in [4.78, 5) is 10.5. The van der Waals surface area contributed by atoms with Crippen molar-refractivity contribution < 1.29 is 9.13 Å². The summed E-state index contributed by atoms with van der Waals surface area (Å²) in [5, 5.41) is 14.3. The first kappa shape index (κ1) is 16.8. The molecular weight excluding hydrogens is 276 g/mol. The highest BCUT2D eigenvalue weighted by molar-refractivity contribution is 7.84. The molecule has 0 saturated carbocycles. The Morgan fingerprint density at radius 1 is 1.45 bits per heavy atom. The van der Waals surface area contributed by atoms with Crippen LogP contribution in [0.3, 0.4) is 0 Å². The van der Waals surface area contributed by atoms with Crippen LogP contribution in [0.25, 0.3) is 0 Å². The Hall–Kier alpha value is -1.27. The van der Waals surface area contributed by atoms with Crippen molar-refractivity contribution >= 4 is 16.5 Å². The minimum atomic E-state index is -0.870. The van der Waals surface area contributed by atoms with Crippen LogP contribution in [0.15, 0.2) is 24.3 Å². The van der Waals surface area contributed by atoms with Gasteiger partial charge in [-0.25, -0.2) is 0 Å². The molecule has 0 radical (unpaired) electrons. The van der Waals surface area contributed by atoms with E-state index in [4.69, 9.17) is 0 Å². The summed E-state index contributed by atoms with van der Waals surface area (Å²) in [5.74, 6) is 0. The van der Waals surface area contributed by atoms with E-state index in [0.717, 1.165) is 18.4 Å². The minimum Gasteiger partial charge on any atom is -0.309 e. The lowest BCUT2D eigenvalue weighted by Crippen LogP contribution is -2.31. The van der Waals surface area contributed by atoms with Gasteiger partial charge in [0.05, 0.1) is 4.92 Å². The summed E-state index contributed by atoms with van der Waals surface area (Å²) >= 11 is 0. The lowest BCUT2D eigenvalue weighted by molar-refractivity contribution is -0.384. The molecule has 1 rings (SSSR count). The standard InChI is InChI=1S/C14H22N2O3S/c1-4-6-14(15-10-11(2)20(3)19)12-7-5-8-13(9-12)16(17)18/h5,7-9,11,14-15H,4,6,10H2,1-3H3. The zero-order valence-electron chi connectivity index (χ0n) is 12.2. The summed E-state index contributed by atoms with van der Waals surface area (Å²) in [5.41, 5.74) is 1.02. The predicted octanol–water partition coefficient (Wildman–Crippen LogP) is 2.79. The molecule has 0 aromatic heterocycles. The van der Waals surface area contributed by atoms with Crippen molar-refractivity contribution in [2.24, 2.45) is 0 Å². The lowest BCUT2D eigenvalue weighted by atomic mass is 10.0. The molecule has 0 saturated heterocycles. The molecule has 0 fully saturated rings. The van der Waals surface area contributed by atoms with Crippen molar-refractivity contribution in [3.05, 3.63) is 39.9 Å². The van der Waals surface area contributed by atoms with E-state index in [0.29, 0.717) is 6.54 Å². The Labute approximate surface area is 122 Å². The molecule has 0 spiro atoms. The molecule has 1 N–H and O–H groups in total. The fourth-order valence-electron chi connectivity index (χ4n) is 1.96. The summed E-state index contributed by atoms with van der Waals surface area (Å²) in [6, 6.07) is 6.77. The Balaban J connectivity index is 2.82. The van der Waals surface area contributed by atoms with Gasteiger partial charge in [0.25, 0.3) is 5.69 Å². The SMILES string of the molecule is CCCC(NCC(C)S(C)=O)c1cccc([N+](=O)[O-])c1. The van der Waals surface area contributed by atoms with Gasteiger partial charge >= 0.3 is 0 Å². The summed E-state index contributed by atoms with van der Waals surface area (Å²) in [6.07, 6.45) is 3.56. The minimum absolute atomic E-state index is 0.0610. The number of hydrogen-bond donors (Lipinski definition) is 1. The molecule has 6 heteroatoms. The van der Waals surface area contributed by atoms with Crippen molar-refractivity contribution in [2.45, 2.75) is 38.0 Å². The third kappa shape index (κ3) is 5.02. The van der Waals surface area contributed by atoms with E-state index in [1.807, 2.05) is 13.0 Å². The Bertz CT molecular complexity index is 479.